The van der Waals surface area contributed by atoms with E-state index in [2.05, 4.69) is 21.3 Å². The maximum absolute atomic E-state index is 14.2. The Balaban J connectivity index is 1.35. The van der Waals surface area contributed by atoms with Crippen LogP contribution in [0.1, 0.15) is 69.8 Å². The maximum Gasteiger partial charge on any atom is 0.354 e. The van der Waals surface area contributed by atoms with E-state index in [1.54, 1.807) is 24.3 Å². The number of phenolic OH excluding ortho intramolecular Hbond substituents is 2. The second-order valence-corrected chi connectivity index (χ2v) is 13.9. The number of aromatic hydroxyl groups is 2. The van der Waals surface area contributed by atoms with Crippen LogP contribution < -0.4 is 27.0 Å². The molecular weight excluding hydrogens is 839 g/mol. The summed E-state index contributed by atoms with van der Waals surface area (Å²) in [7, 11) is 0. The van der Waals surface area contributed by atoms with Gasteiger partial charge >= 0.3 is 11.9 Å². The number of hydroxylamine groups is 2. The first-order chi connectivity index (χ1) is 29.0. The van der Waals surface area contributed by atoms with Gasteiger partial charge in [0.2, 0.25) is 0 Å². The normalized spacial score (nSPS) is 12.2. The number of halogens is 2. The van der Waals surface area contributed by atoms with Crippen molar-refractivity contribution in [2.45, 2.75) is 38.3 Å². The van der Waals surface area contributed by atoms with Crippen molar-refractivity contribution < 1.29 is 58.1 Å². The minimum atomic E-state index is -2.15. The number of nitrogens with two attached hydrogens (primary N) is 1. The highest BCUT2D eigenvalue weighted by Crippen LogP contribution is 2.23. The van der Waals surface area contributed by atoms with Gasteiger partial charge in [-0.1, -0.05) is 47.5 Å². The summed E-state index contributed by atoms with van der Waals surface area (Å²) in [5.74, 6) is -7.50. The number of hydrogen-bond acceptors (Lipinski definition) is 12. The Labute approximate surface area is 356 Å². The van der Waals surface area contributed by atoms with Crippen molar-refractivity contribution in [3.8, 4) is 11.5 Å². The Hall–Kier alpha value is -7.41. The molecule has 0 aliphatic carbocycles. The third-order valence-electron chi connectivity index (χ3n) is 8.69. The van der Waals surface area contributed by atoms with Crippen LogP contribution in [-0.2, 0) is 27.5 Å². The van der Waals surface area contributed by atoms with Gasteiger partial charge in [0.15, 0.2) is 6.17 Å². The zero-order chi connectivity index (χ0) is 44.4. The van der Waals surface area contributed by atoms with Crippen LogP contribution in [0.15, 0.2) is 108 Å². The zero-order valence-electron chi connectivity index (χ0n) is 31.8. The number of carboxylic acid groups (broad SMARTS) is 1. The molecule has 0 bridgehead atoms. The summed E-state index contributed by atoms with van der Waals surface area (Å²) in [6.45, 7) is 1.26. The van der Waals surface area contributed by atoms with Gasteiger partial charge in [0.05, 0.1) is 33.0 Å². The summed E-state index contributed by atoms with van der Waals surface area (Å²) in [6.07, 6.45) is 0.0291. The van der Waals surface area contributed by atoms with Gasteiger partial charge in [0.25, 0.3) is 29.5 Å². The van der Waals surface area contributed by atoms with Crippen LogP contribution >= 0.6 is 23.2 Å². The molecule has 316 valence electrons. The van der Waals surface area contributed by atoms with E-state index < -0.39 is 65.3 Å². The molecule has 61 heavy (non-hydrogen) atoms. The Morgan fingerprint density at radius 1 is 0.705 bits per heavy atom. The number of hydrogen-bond donors (Lipinski definition) is 8. The van der Waals surface area contributed by atoms with Gasteiger partial charge in [-0.2, -0.15) is 0 Å². The number of carbonyl (C=O) groups is 7. The fourth-order valence-electron chi connectivity index (χ4n) is 5.47. The fraction of sp³-hybridized carbons (Fsp3) is 0.146. The van der Waals surface area contributed by atoms with Gasteiger partial charge in [0.1, 0.15) is 29.8 Å². The molecule has 0 spiro atoms. The second kappa shape index (κ2) is 20.0. The molecule has 20 heteroatoms. The first-order valence-electron chi connectivity index (χ1n) is 17.9. The van der Waals surface area contributed by atoms with Crippen molar-refractivity contribution in [1.29, 1.82) is 0 Å². The van der Waals surface area contributed by atoms with Crippen LogP contribution in [0, 0.1) is 0 Å². The minimum Gasteiger partial charge on any atom is -0.508 e. The lowest BCUT2D eigenvalue weighted by Gasteiger charge is -2.33. The van der Waals surface area contributed by atoms with Crippen LogP contribution in [0.3, 0.4) is 0 Å². The Morgan fingerprint density at radius 3 is 1.72 bits per heavy atom. The third-order valence-corrected chi connectivity index (χ3v) is 9.32. The molecule has 0 saturated heterocycles. The molecule has 0 aliphatic heterocycles. The van der Waals surface area contributed by atoms with Gasteiger partial charge in [-0.25, -0.2) is 4.79 Å². The highest BCUT2D eigenvalue weighted by Gasteiger charge is 2.40. The van der Waals surface area contributed by atoms with E-state index in [1.807, 2.05) is 0 Å². The number of rotatable bonds is 15. The number of amides is 5. The van der Waals surface area contributed by atoms with Crippen LogP contribution in [-0.4, -0.2) is 80.1 Å². The van der Waals surface area contributed by atoms with Gasteiger partial charge in [-0.3, -0.25) is 28.8 Å². The number of carboxylic acids is 1. The van der Waals surface area contributed by atoms with Crippen LogP contribution in [0.5, 0.6) is 11.5 Å². The average Bonchev–Trinajstić information content (AvgIpc) is 3.78. The molecule has 1 heterocycles. The molecule has 0 saturated carbocycles. The molecular formula is C41H36Cl2N6O12. The van der Waals surface area contributed by atoms with Gasteiger partial charge < -0.3 is 51.6 Å². The topological polar surface area (TPSA) is 280 Å². The fourth-order valence-corrected chi connectivity index (χ4v) is 5.99. The zero-order valence-corrected chi connectivity index (χ0v) is 33.3. The number of nitrogens with one attached hydrogen (secondary N) is 4. The van der Waals surface area contributed by atoms with Crippen molar-refractivity contribution in [3.05, 3.63) is 153 Å². The summed E-state index contributed by atoms with van der Waals surface area (Å²) >= 11 is 12.8. The number of benzene rings is 4. The lowest BCUT2D eigenvalue weighted by molar-refractivity contribution is -0.192. The molecule has 4 aromatic carbocycles. The van der Waals surface area contributed by atoms with E-state index in [1.165, 1.54) is 54.6 Å². The van der Waals surface area contributed by atoms with Crippen LogP contribution in [0.2, 0.25) is 10.0 Å². The predicted molar refractivity (Wildman–Crippen MR) is 216 cm³/mol. The largest absolute Gasteiger partial charge is 0.508 e. The summed E-state index contributed by atoms with van der Waals surface area (Å²) in [6, 6.07) is 17.0. The van der Waals surface area contributed by atoms with E-state index in [4.69, 9.17) is 38.2 Å². The molecule has 3 atom stereocenters. The number of phenols is 2. The highest BCUT2D eigenvalue weighted by molar-refractivity contribution is 6.34. The van der Waals surface area contributed by atoms with Crippen molar-refractivity contribution in [2.75, 3.05) is 0 Å². The van der Waals surface area contributed by atoms with Crippen molar-refractivity contribution in [3.63, 3.8) is 0 Å². The Kier molecular flexibility index (Phi) is 14.7. The van der Waals surface area contributed by atoms with Crippen molar-refractivity contribution in [2.24, 2.45) is 5.73 Å². The average molecular weight is 876 g/mol. The second-order valence-electron chi connectivity index (χ2n) is 13.1. The van der Waals surface area contributed by atoms with E-state index >= 15 is 0 Å². The van der Waals surface area contributed by atoms with Crippen molar-refractivity contribution in [1.82, 2.24) is 26.3 Å². The van der Waals surface area contributed by atoms with E-state index in [0.717, 1.165) is 31.6 Å². The number of aliphatic carboxylic acids is 1. The standard InChI is InChI=1S/C41H36Cl2N6O12/c1-21(47-38(55)29-10-8-24(16-31(29)42)35(52)45-18-22-4-2-6-27(50)14-22)41(59)61-49(34(33(44)40(57)58)48-37(54)26-12-13-60-20-26)39(56)30-11-9-25(17-32(30)43)36(53)46-19-23-5-3-7-28(51)15-23/h2-17,20-21,33-34,50-51H,18-19,44H2,1H3,(H,45,52)(H,46,53)(H,47,55)(H,48,54)(H,57,58)/t21-,33-,34?/m0/s1. The number of carbonyl (C=O) groups excluding carboxylic acids is 6. The monoisotopic (exact) mass is 874 g/mol. The Bertz CT molecular complexity index is 2480. The molecule has 5 aromatic rings. The highest BCUT2D eigenvalue weighted by atomic mass is 35.5. The Morgan fingerprint density at radius 2 is 1.25 bits per heavy atom. The van der Waals surface area contributed by atoms with Crippen LogP contribution in [0.4, 0.5) is 0 Å². The first kappa shape index (κ1) is 44.7. The smallest absolute Gasteiger partial charge is 0.354 e. The first-order valence-corrected chi connectivity index (χ1v) is 18.7. The molecule has 0 fully saturated rings. The van der Waals surface area contributed by atoms with Gasteiger partial charge in [-0.05, 0) is 84.8 Å². The van der Waals surface area contributed by atoms with Gasteiger partial charge in [-0.15, -0.1) is 5.06 Å². The van der Waals surface area contributed by atoms with Gasteiger partial charge in [0, 0.05) is 24.2 Å². The molecule has 5 amide bonds. The summed E-state index contributed by atoms with van der Waals surface area (Å²) in [5, 5.41) is 38.7. The maximum atomic E-state index is 14.2. The number of furan rings is 1. The molecule has 0 aliphatic rings. The molecule has 1 unspecified atom stereocenters. The predicted octanol–water partition coefficient (Wildman–Crippen LogP) is 3.74. The summed E-state index contributed by atoms with van der Waals surface area (Å²) < 4.78 is 4.91. The van der Waals surface area contributed by atoms with Crippen molar-refractivity contribution >= 4 is 64.7 Å². The molecule has 5 rings (SSSR count). The molecule has 9 N–H and O–H groups in total. The third kappa shape index (κ3) is 11.6. The lowest BCUT2D eigenvalue weighted by Crippen LogP contribution is -2.62. The van der Waals surface area contributed by atoms with E-state index in [0.29, 0.717) is 11.1 Å². The SMILES string of the molecule is C[C@H](NC(=O)c1ccc(C(=O)NCc2cccc(O)c2)cc1Cl)C(=O)ON(C(=O)c1ccc(C(=O)NCc2cccc(O)c2)cc1Cl)C(NC(=O)c1ccoc1)[C@H](N)C(=O)O. The van der Waals surface area contributed by atoms with E-state index in [9.17, 15) is 48.9 Å². The number of nitrogens with zero attached hydrogens (tertiary/aromatic N) is 1. The molecule has 18 nitrogen and oxygen atoms in total. The minimum absolute atomic E-state index is 0.0114. The summed E-state index contributed by atoms with van der Waals surface area (Å²) in [5.41, 5.74) is 6.47. The van der Waals surface area contributed by atoms with Crippen LogP contribution in [0.25, 0.3) is 0 Å². The van der Waals surface area contributed by atoms with E-state index in [-0.39, 0.29) is 62.0 Å². The molecule has 1 aromatic heterocycles. The summed E-state index contributed by atoms with van der Waals surface area (Å²) in [4.78, 5) is 97.5. The quantitative estimate of drug-likeness (QED) is 0.0551. The lowest BCUT2D eigenvalue weighted by atomic mass is 10.1. The molecule has 0 radical (unpaired) electrons.